The number of nitrogens with zero attached hydrogens (tertiary/aromatic N) is 1. The van der Waals surface area contributed by atoms with Crippen LogP contribution >= 0.6 is 0 Å². The van der Waals surface area contributed by atoms with Gasteiger partial charge < -0.3 is 21.0 Å². The second kappa shape index (κ2) is 7.89. The molecule has 1 aliphatic heterocycles. The standard InChI is InChI=1S/C11H21N3O3/c12-10(14-16)4-1-7-13-11(15)6-5-9-3-2-8-17-9/h9,16H,1-8H2,(H2,12,14)(H,13,15). The van der Waals surface area contributed by atoms with E-state index in [4.69, 9.17) is 15.7 Å². The van der Waals surface area contributed by atoms with Gasteiger partial charge in [0.05, 0.1) is 6.10 Å². The molecule has 0 aromatic rings. The van der Waals surface area contributed by atoms with Gasteiger partial charge in [-0.25, -0.2) is 0 Å². The SMILES string of the molecule is NC(CCCNC(=O)CCC1CCCO1)=NO. The van der Waals surface area contributed by atoms with E-state index in [1.807, 2.05) is 0 Å². The molecule has 1 rings (SSSR count). The van der Waals surface area contributed by atoms with Crippen molar-refractivity contribution in [3.8, 4) is 0 Å². The smallest absolute Gasteiger partial charge is 0.220 e. The molecular weight excluding hydrogens is 222 g/mol. The van der Waals surface area contributed by atoms with Crippen LogP contribution in [0.5, 0.6) is 0 Å². The first-order valence-corrected chi connectivity index (χ1v) is 6.07. The summed E-state index contributed by atoms with van der Waals surface area (Å²) in [6.07, 6.45) is 4.91. The zero-order valence-corrected chi connectivity index (χ0v) is 10.0. The molecule has 0 bridgehead atoms. The Balaban J connectivity index is 1.97. The Hall–Kier alpha value is -1.30. The van der Waals surface area contributed by atoms with E-state index in [-0.39, 0.29) is 17.8 Å². The van der Waals surface area contributed by atoms with Gasteiger partial charge in [0.25, 0.3) is 0 Å². The van der Waals surface area contributed by atoms with Crippen LogP contribution < -0.4 is 11.1 Å². The molecule has 4 N–H and O–H groups in total. The summed E-state index contributed by atoms with van der Waals surface area (Å²) in [5, 5.41) is 14.0. The summed E-state index contributed by atoms with van der Waals surface area (Å²) in [6.45, 7) is 1.38. The van der Waals surface area contributed by atoms with Crippen molar-refractivity contribution in [3.05, 3.63) is 0 Å². The predicted octanol–water partition coefficient (Wildman–Crippen LogP) is 0.588. The molecule has 0 aromatic carbocycles. The highest BCUT2D eigenvalue weighted by Crippen LogP contribution is 2.16. The number of amidine groups is 1. The van der Waals surface area contributed by atoms with Crippen molar-refractivity contribution in [2.24, 2.45) is 10.9 Å². The number of nitrogens with one attached hydrogen (secondary N) is 1. The van der Waals surface area contributed by atoms with Crippen LogP contribution in [0.2, 0.25) is 0 Å². The molecule has 1 aliphatic rings. The largest absolute Gasteiger partial charge is 0.409 e. The molecule has 1 fully saturated rings. The van der Waals surface area contributed by atoms with Crippen molar-refractivity contribution < 1.29 is 14.7 Å². The highest BCUT2D eigenvalue weighted by molar-refractivity contribution is 5.79. The second-order valence-corrected chi connectivity index (χ2v) is 4.22. The maximum absolute atomic E-state index is 11.4. The predicted molar refractivity (Wildman–Crippen MR) is 63.9 cm³/mol. The molecule has 1 heterocycles. The van der Waals surface area contributed by atoms with Gasteiger partial charge in [0.2, 0.25) is 5.91 Å². The van der Waals surface area contributed by atoms with Gasteiger partial charge >= 0.3 is 0 Å². The molecule has 0 aliphatic carbocycles. The van der Waals surface area contributed by atoms with E-state index in [1.165, 1.54) is 0 Å². The lowest BCUT2D eigenvalue weighted by atomic mass is 10.1. The van der Waals surface area contributed by atoms with Crippen molar-refractivity contribution in [2.75, 3.05) is 13.2 Å². The molecule has 17 heavy (non-hydrogen) atoms. The fourth-order valence-electron chi connectivity index (χ4n) is 1.80. The third kappa shape index (κ3) is 6.11. The molecule has 1 amide bonds. The molecule has 1 atom stereocenters. The van der Waals surface area contributed by atoms with Crippen molar-refractivity contribution in [1.29, 1.82) is 0 Å². The Kier molecular flexibility index (Phi) is 6.39. The third-order valence-electron chi connectivity index (χ3n) is 2.78. The van der Waals surface area contributed by atoms with Crippen LogP contribution in [0.3, 0.4) is 0 Å². The molecular formula is C11H21N3O3. The van der Waals surface area contributed by atoms with E-state index in [1.54, 1.807) is 0 Å². The van der Waals surface area contributed by atoms with Gasteiger partial charge in [0.15, 0.2) is 0 Å². The van der Waals surface area contributed by atoms with E-state index in [0.29, 0.717) is 25.8 Å². The number of rotatable bonds is 7. The Morgan fingerprint density at radius 3 is 3.00 bits per heavy atom. The highest BCUT2D eigenvalue weighted by Gasteiger charge is 2.16. The Bertz CT molecular complexity index is 263. The lowest BCUT2D eigenvalue weighted by Gasteiger charge is -2.09. The van der Waals surface area contributed by atoms with Crippen LogP contribution in [0.15, 0.2) is 5.16 Å². The van der Waals surface area contributed by atoms with E-state index in [0.717, 1.165) is 25.9 Å². The van der Waals surface area contributed by atoms with E-state index in [2.05, 4.69) is 10.5 Å². The molecule has 1 saturated heterocycles. The highest BCUT2D eigenvalue weighted by atomic mass is 16.5. The van der Waals surface area contributed by atoms with Crippen molar-refractivity contribution in [2.45, 2.75) is 44.6 Å². The summed E-state index contributed by atoms with van der Waals surface area (Å²) in [4.78, 5) is 11.4. The zero-order valence-electron chi connectivity index (χ0n) is 10.0. The minimum absolute atomic E-state index is 0.0417. The van der Waals surface area contributed by atoms with E-state index in [9.17, 15) is 4.79 Å². The number of hydrogen-bond acceptors (Lipinski definition) is 4. The number of nitrogens with two attached hydrogens (primary N) is 1. The molecule has 0 radical (unpaired) electrons. The van der Waals surface area contributed by atoms with Gasteiger partial charge in [0.1, 0.15) is 5.84 Å². The van der Waals surface area contributed by atoms with Crippen LogP contribution in [-0.4, -0.2) is 36.2 Å². The summed E-state index contributed by atoms with van der Waals surface area (Å²) in [7, 11) is 0. The quantitative estimate of drug-likeness (QED) is 0.200. The van der Waals surface area contributed by atoms with Crippen LogP contribution in [0.4, 0.5) is 0 Å². The Morgan fingerprint density at radius 2 is 2.35 bits per heavy atom. The minimum Gasteiger partial charge on any atom is -0.409 e. The third-order valence-corrected chi connectivity index (χ3v) is 2.78. The number of carbonyl (C=O) groups excluding carboxylic acids is 1. The van der Waals surface area contributed by atoms with Crippen LogP contribution in [0.1, 0.15) is 38.5 Å². The lowest BCUT2D eigenvalue weighted by Crippen LogP contribution is -2.26. The fourth-order valence-corrected chi connectivity index (χ4v) is 1.80. The normalized spacial score (nSPS) is 20.5. The van der Waals surface area contributed by atoms with Gasteiger partial charge in [-0.05, 0) is 25.7 Å². The minimum atomic E-state index is 0.0417. The van der Waals surface area contributed by atoms with Crippen molar-refractivity contribution >= 4 is 11.7 Å². The van der Waals surface area contributed by atoms with Gasteiger partial charge in [-0.15, -0.1) is 0 Å². The summed E-state index contributed by atoms with van der Waals surface area (Å²) in [5.41, 5.74) is 5.30. The number of ether oxygens (including phenoxy) is 1. The molecule has 0 aromatic heterocycles. The van der Waals surface area contributed by atoms with Crippen molar-refractivity contribution in [1.82, 2.24) is 5.32 Å². The molecule has 0 spiro atoms. The summed E-state index contributed by atoms with van der Waals surface area (Å²) >= 11 is 0. The topological polar surface area (TPSA) is 96.9 Å². The summed E-state index contributed by atoms with van der Waals surface area (Å²) < 4.78 is 5.43. The first-order valence-electron chi connectivity index (χ1n) is 6.07. The molecule has 0 saturated carbocycles. The van der Waals surface area contributed by atoms with Crippen LogP contribution in [0, 0.1) is 0 Å². The first-order chi connectivity index (χ1) is 8.22. The zero-order chi connectivity index (χ0) is 12.5. The molecule has 1 unspecified atom stereocenters. The first kappa shape index (κ1) is 13.8. The van der Waals surface area contributed by atoms with Crippen molar-refractivity contribution in [3.63, 3.8) is 0 Å². The van der Waals surface area contributed by atoms with E-state index < -0.39 is 0 Å². The Labute approximate surface area is 101 Å². The number of amides is 1. The van der Waals surface area contributed by atoms with Crippen LogP contribution in [-0.2, 0) is 9.53 Å². The lowest BCUT2D eigenvalue weighted by molar-refractivity contribution is -0.121. The average Bonchev–Trinajstić information content (AvgIpc) is 2.84. The summed E-state index contributed by atoms with van der Waals surface area (Å²) in [6, 6.07) is 0. The van der Waals surface area contributed by atoms with E-state index >= 15 is 0 Å². The maximum atomic E-state index is 11.4. The van der Waals surface area contributed by atoms with Gasteiger partial charge in [0, 0.05) is 26.0 Å². The molecule has 6 nitrogen and oxygen atoms in total. The monoisotopic (exact) mass is 243 g/mol. The number of oxime groups is 1. The fraction of sp³-hybridized carbons (Fsp3) is 0.818. The Morgan fingerprint density at radius 1 is 1.53 bits per heavy atom. The molecule has 6 heteroatoms. The number of carbonyl (C=O) groups is 1. The average molecular weight is 243 g/mol. The second-order valence-electron chi connectivity index (χ2n) is 4.22. The molecule has 98 valence electrons. The van der Waals surface area contributed by atoms with Gasteiger partial charge in [-0.3, -0.25) is 4.79 Å². The number of hydrogen-bond donors (Lipinski definition) is 3. The maximum Gasteiger partial charge on any atom is 0.220 e. The van der Waals surface area contributed by atoms with Gasteiger partial charge in [-0.1, -0.05) is 5.16 Å². The summed E-state index contributed by atoms with van der Waals surface area (Å²) in [5.74, 6) is 0.235. The van der Waals surface area contributed by atoms with Gasteiger partial charge in [-0.2, -0.15) is 0 Å². The van der Waals surface area contributed by atoms with Crippen LogP contribution in [0.25, 0.3) is 0 Å².